The molecule has 0 saturated carbocycles. The standard InChI is InChI=1S/C11H16ClN3O/c1-8(2)5-15-11(16)7-14-10-4-3-9(12)6-13-10/h3-4,6,8H,5,7H2,1-2H3,(H,13,14)(H,15,16). The molecular weight excluding hydrogens is 226 g/mol. The predicted octanol–water partition coefficient (Wildman–Crippen LogP) is 1.92. The molecule has 88 valence electrons. The second-order valence-electron chi connectivity index (χ2n) is 3.91. The summed E-state index contributed by atoms with van der Waals surface area (Å²) in [4.78, 5) is 15.4. The van der Waals surface area contributed by atoms with Crippen molar-refractivity contribution in [3.63, 3.8) is 0 Å². The van der Waals surface area contributed by atoms with E-state index in [-0.39, 0.29) is 12.5 Å². The van der Waals surface area contributed by atoms with Crippen LogP contribution in [-0.4, -0.2) is 24.0 Å². The van der Waals surface area contributed by atoms with Gasteiger partial charge in [0, 0.05) is 12.7 Å². The number of hydrogen-bond donors (Lipinski definition) is 2. The highest BCUT2D eigenvalue weighted by Gasteiger charge is 2.02. The first kappa shape index (κ1) is 12.8. The van der Waals surface area contributed by atoms with Crippen molar-refractivity contribution in [3.05, 3.63) is 23.4 Å². The van der Waals surface area contributed by atoms with Crippen molar-refractivity contribution < 1.29 is 4.79 Å². The van der Waals surface area contributed by atoms with Gasteiger partial charge in [-0.15, -0.1) is 0 Å². The number of carbonyl (C=O) groups is 1. The highest BCUT2D eigenvalue weighted by atomic mass is 35.5. The van der Waals surface area contributed by atoms with Crippen LogP contribution >= 0.6 is 11.6 Å². The second kappa shape index (κ2) is 6.33. The molecule has 0 unspecified atom stereocenters. The van der Waals surface area contributed by atoms with E-state index < -0.39 is 0 Å². The lowest BCUT2D eigenvalue weighted by molar-refractivity contribution is -0.119. The molecule has 16 heavy (non-hydrogen) atoms. The van der Waals surface area contributed by atoms with Gasteiger partial charge in [-0.1, -0.05) is 25.4 Å². The van der Waals surface area contributed by atoms with Crippen molar-refractivity contribution in [3.8, 4) is 0 Å². The summed E-state index contributed by atoms with van der Waals surface area (Å²) in [6.07, 6.45) is 1.54. The molecule has 0 aromatic carbocycles. The Morgan fingerprint density at radius 1 is 1.50 bits per heavy atom. The van der Waals surface area contributed by atoms with Gasteiger partial charge < -0.3 is 10.6 Å². The van der Waals surface area contributed by atoms with Crippen LogP contribution in [0, 0.1) is 5.92 Å². The molecule has 1 rings (SSSR count). The smallest absolute Gasteiger partial charge is 0.239 e. The number of aromatic nitrogens is 1. The number of rotatable bonds is 5. The number of amides is 1. The van der Waals surface area contributed by atoms with Gasteiger partial charge in [-0.25, -0.2) is 4.98 Å². The van der Waals surface area contributed by atoms with E-state index in [1.165, 1.54) is 6.20 Å². The summed E-state index contributed by atoms with van der Waals surface area (Å²) in [6.45, 7) is 5.01. The summed E-state index contributed by atoms with van der Waals surface area (Å²) in [7, 11) is 0. The molecule has 1 amide bonds. The molecule has 0 spiro atoms. The number of hydrogen-bond acceptors (Lipinski definition) is 3. The van der Waals surface area contributed by atoms with Crippen molar-refractivity contribution in [1.29, 1.82) is 0 Å². The quantitative estimate of drug-likeness (QED) is 0.828. The van der Waals surface area contributed by atoms with Gasteiger partial charge in [-0.3, -0.25) is 4.79 Å². The molecule has 0 aliphatic carbocycles. The summed E-state index contributed by atoms with van der Waals surface area (Å²) in [5.41, 5.74) is 0. The number of nitrogens with zero attached hydrogens (tertiary/aromatic N) is 1. The SMILES string of the molecule is CC(C)CNC(=O)CNc1ccc(Cl)cn1. The van der Waals surface area contributed by atoms with Gasteiger partial charge >= 0.3 is 0 Å². The van der Waals surface area contributed by atoms with Crippen molar-refractivity contribution >= 4 is 23.3 Å². The summed E-state index contributed by atoms with van der Waals surface area (Å²) < 4.78 is 0. The Morgan fingerprint density at radius 3 is 2.81 bits per heavy atom. The van der Waals surface area contributed by atoms with Gasteiger partial charge in [0.25, 0.3) is 0 Å². The van der Waals surface area contributed by atoms with Crippen LogP contribution < -0.4 is 10.6 Å². The molecule has 0 radical (unpaired) electrons. The minimum atomic E-state index is -0.0366. The fourth-order valence-electron chi connectivity index (χ4n) is 1.03. The molecule has 0 fully saturated rings. The molecule has 1 aromatic rings. The van der Waals surface area contributed by atoms with Crippen molar-refractivity contribution in [2.24, 2.45) is 5.92 Å². The van der Waals surface area contributed by atoms with Crippen LogP contribution in [0.5, 0.6) is 0 Å². The number of carbonyl (C=O) groups excluding carboxylic acids is 1. The van der Waals surface area contributed by atoms with E-state index in [0.717, 1.165) is 0 Å². The molecule has 0 aliphatic heterocycles. The van der Waals surface area contributed by atoms with Gasteiger partial charge in [-0.05, 0) is 18.1 Å². The fourth-order valence-corrected chi connectivity index (χ4v) is 1.14. The topological polar surface area (TPSA) is 54.0 Å². The highest BCUT2D eigenvalue weighted by Crippen LogP contribution is 2.08. The second-order valence-corrected chi connectivity index (χ2v) is 4.35. The fraction of sp³-hybridized carbons (Fsp3) is 0.455. The average molecular weight is 242 g/mol. The lowest BCUT2D eigenvalue weighted by atomic mass is 10.2. The summed E-state index contributed by atoms with van der Waals surface area (Å²) in [5, 5.41) is 6.30. The number of nitrogens with one attached hydrogen (secondary N) is 2. The van der Waals surface area contributed by atoms with Gasteiger partial charge in [0.2, 0.25) is 5.91 Å². The monoisotopic (exact) mass is 241 g/mol. The lowest BCUT2D eigenvalue weighted by Gasteiger charge is -2.08. The summed E-state index contributed by atoms with van der Waals surface area (Å²) >= 11 is 5.69. The third-order valence-electron chi connectivity index (χ3n) is 1.86. The van der Waals surface area contributed by atoms with E-state index >= 15 is 0 Å². The molecule has 1 heterocycles. The van der Waals surface area contributed by atoms with E-state index in [1.54, 1.807) is 12.1 Å². The molecule has 0 aliphatic rings. The Balaban J connectivity index is 2.29. The maximum Gasteiger partial charge on any atom is 0.239 e. The van der Waals surface area contributed by atoms with Crippen LogP contribution in [0.2, 0.25) is 5.02 Å². The first-order chi connectivity index (χ1) is 7.58. The van der Waals surface area contributed by atoms with Crippen LogP contribution in [-0.2, 0) is 4.79 Å². The molecule has 4 nitrogen and oxygen atoms in total. The van der Waals surface area contributed by atoms with E-state index in [4.69, 9.17) is 11.6 Å². The van der Waals surface area contributed by atoms with Gasteiger partial charge in [-0.2, -0.15) is 0 Å². The predicted molar refractivity (Wildman–Crippen MR) is 65.6 cm³/mol. The normalized spacial score (nSPS) is 10.2. The third kappa shape index (κ3) is 4.98. The van der Waals surface area contributed by atoms with Crippen LogP contribution in [0.3, 0.4) is 0 Å². The molecule has 0 bridgehead atoms. The van der Waals surface area contributed by atoms with Gasteiger partial charge in [0.05, 0.1) is 11.6 Å². The average Bonchev–Trinajstić information content (AvgIpc) is 2.25. The molecule has 0 atom stereocenters. The van der Waals surface area contributed by atoms with Crippen molar-refractivity contribution in [2.75, 3.05) is 18.4 Å². The van der Waals surface area contributed by atoms with Crippen LogP contribution in [0.15, 0.2) is 18.3 Å². The van der Waals surface area contributed by atoms with E-state index in [1.807, 2.05) is 0 Å². The zero-order valence-corrected chi connectivity index (χ0v) is 10.2. The Labute approximate surface area is 100 Å². The zero-order chi connectivity index (χ0) is 12.0. The molecule has 5 heteroatoms. The van der Waals surface area contributed by atoms with Crippen LogP contribution in [0.1, 0.15) is 13.8 Å². The van der Waals surface area contributed by atoms with Crippen LogP contribution in [0.4, 0.5) is 5.82 Å². The Hall–Kier alpha value is -1.29. The molecule has 1 aromatic heterocycles. The Bertz CT molecular complexity index is 338. The van der Waals surface area contributed by atoms with Gasteiger partial charge in [0.1, 0.15) is 5.82 Å². The highest BCUT2D eigenvalue weighted by molar-refractivity contribution is 6.30. The van der Waals surface area contributed by atoms with Crippen molar-refractivity contribution in [2.45, 2.75) is 13.8 Å². The maximum atomic E-state index is 11.4. The van der Waals surface area contributed by atoms with E-state index in [2.05, 4.69) is 29.5 Å². The molecular formula is C11H16ClN3O. The van der Waals surface area contributed by atoms with Crippen molar-refractivity contribution in [1.82, 2.24) is 10.3 Å². The number of anilines is 1. The molecule has 0 saturated heterocycles. The third-order valence-corrected chi connectivity index (χ3v) is 2.09. The van der Waals surface area contributed by atoms with E-state index in [9.17, 15) is 4.79 Å². The van der Waals surface area contributed by atoms with E-state index in [0.29, 0.717) is 23.3 Å². The Kier molecular flexibility index (Phi) is 5.05. The minimum Gasteiger partial charge on any atom is -0.361 e. The first-order valence-electron chi connectivity index (χ1n) is 5.20. The lowest BCUT2D eigenvalue weighted by Crippen LogP contribution is -2.32. The first-order valence-corrected chi connectivity index (χ1v) is 5.58. The number of pyridine rings is 1. The number of halogens is 1. The maximum absolute atomic E-state index is 11.4. The summed E-state index contributed by atoms with van der Waals surface area (Å²) in [6, 6.07) is 3.46. The minimum absolute atomic E-state index is 0.0366. The Morgan fingerprint density at radius 2 is 2.25 bits per heavy atom. The van der Waals surface area contributed by atoms with Gasteiger partial charge in [0.15, 0.2) is 0 Å². The molecule has 2 N–H and O–H groups in total. The largest absolute Gasteiger partial charge is 0.361 e. The zero-order valence-electron chi connectivity index (χ0n) is 9.46. The summed E-state index contributed by atoms with van der Waals surface area (Å²) in [5.74, 6) is 1.06. The van der Waals surface area contributed by atoms with Crippen LogP contribution in [0.25, 0.3) is 0 Å².